The lowest BCUT2D eigenvalue weighted by atomic mass is 10.1. The van der Waals surface area contributed by atoms with Crippen molar-refractivity contribution in [3.63, 3.8) is 0 Å². The maximum absolute atomic E-state index is 12.0. The molecule has 0 aliphatic rings. The molecule has 2 aromatic carbocycles. The molecule has 0 fully saturated rings. The molecule has 4 nitrogen and oxygen atoms in total. The van der Waals surface area contributed by atoms with Crippen molar-refractivity contribution in [2.75, 3.05) is 13.7 Å². The van der Waals surface area contributed by atoms with Crippen molar-refractivity contribution in [2.24, 2.45) is 0 Å². The summed E-state index contributed by atoms with van der Waals surface area (Å²) < 4.78 is 10.6. The summed E-state index contributed by atoms with van der Waals surface area (Å²) in [5.74, 6) is 0.554. The molecular formula is C16H14O4. The number of ketones is 1. The molecule has 0 aliphatic heterocycles. The highest BCUT2D eigenvalue weighted by Crippen LogP contribution is 2.30. The van der Waals surface area contributed by atoms with Crippen LogP contribution in [0.25, 0.3) is 0 Å². The van der Waals surface area contributed by atoms with Crippen LogP contribution in [0.5, 0.6) is 11.5 Å². The second-order valence-corrected chi connectivity index (χ2v) is 4.07. The zero-order valence-electron chi connectivity index (χ0n) is 11.0. The third-order valence-electron chi connectivity index (χ3n) is 2.80. The van der Waals surface area contributed by atoms with E-state index in [1.165, 1.54) is 7.11 Å². The molecule has 20 heavy (non-hydrogen) atoms. The van der Waals surface area contributed by atoms with Crippen LogP contribution in [0.1, 0.15) is 20.7 Å². The fourth-order valence-corrected chi connectivity index (χ4v) is 1.79. The van der Waals surface area contributed by atoms with Gasteiger partial charge in [0.25, 0.3) is 0 Å². The first-order valence-corrected chi connectivity index (χ1v) is 6.09. The largest absolute Gasteiger partial charge is 0.493 e. The third kappa shape index (κ3) is 3.03. The van der Waals surface area contributed by atoms with Gasteiger partial charge in [0, 0.05) is 5.56 Å². The Kier molecular flexibility index (Phi) is 4.50. The molecule has 0 aromatic heterocycles. The third-order valence-corrected chi connectivity index (χ3v) is 2.80. The van der Waals surface area contributed by atoms with E-state index in [0.717, 1.165) is 0 Å². The molecule has 0 saturated carbocycles. The zero-order chi connectivity index (χ0) is 14.4. The standard InChI is InChI=1S/C16H14O4/c1-19-15-9-5-8-13(10-17)16(15)20-11-14(18)12-6-3-2-4-7-12/h2-10H,11H2,1H3. The Morgan fingerprint density at radius 1 is 1.10 bits per heavy atom. The minimum Gasteiger partial charge on any atom is -0.493 e. The van der Waals surface area contributed by atoms with Gasteiger partial charge in [0.1, 0.15) is 0 Å². The predicted octanol–water partition coefficient (Wildman–Crippen LogP) is 2.77. The van der Waals surface area contributed by atoms with Crippen molar-refractivity contribution in [1.82, 2.24) is 0 Å². The lowest BCUT2D eigenvalue weighted by molar-refractivity contribution is 0.0916. The van der Waals surface area contributed by atoms with Crippen LogP contribution >= 0.6 is 0 Å². The Morgan fingerprint density at radius 3 is 2.50 bits per heavy atom. The van der Waals surface area contributed by atoms with Crippen LogP contribution in [-0.2, 0) is 0 Å². The van der Waals surface area contributed by atoms with Gasteiger partial charge in [-0.15, -0.1) is 0 Å². The molecule has 0 radical (unpaired) electrons. The Balaban J connectivity index is 2.15. The van der Waals surface area contributed by atoms with Crippen molar-refractivity contribution in [3.05, 3.63) is 59.7 Å². The first-order valence-electron chi connectivity index (χ1n) is 6.09. The quantitative estimate of drug-likeness (QED) is 0.598. The molecule has 2 aromatic rings. The maximum Gasteiger partial charge on any atom is 0.200 e. The van der Waals surface area contributed by atoms with Crippen LogP contribution in [0.4, 0.5) is 0 Å². The lowest BCUT2D eigenvalue weighted by Crippen LogP contribution is -2.12. The highest BCUT2D eigenvalue weighted by molar-refractivity contribution is 5.97. The van der Waals surface area contributed by atoms with Crippen molar-refractivity contribution in [3.8, 4) is 11.5 Å². The van der Waals surface area contributed by atoms with Crippen LogP contribution in [0.3, 0.4) is 0 Å². The van der Waals surface area contributed by atoms with E-state index in [1.807, 2.05) is 6.07 Å². The Bertz CT molecular complexity index is 605. The number of Topliss-reactive ketones (excluding diaryl/α,β-unsaturated/α-hetero) is 1. The van der Waals surface area contributed by atoms with Gasteiger partial charge < -0.3 is 9.47 Å². The molecule has 0 spiro atoms. The van der Waals surface area contributed by atoms with Gasteiger partial charge in [0.05, 0.1) is 12.7 Å². The summed E-state index contributed by atoms with van der Waals surface area (Å²) in [5, 5.41) is 0. The SMILES string of the molecule is COc1cccc(C=O)c1OCC(=O)c1ccccc1. The summed E-state index contributed by atoms with van der Waals surface area (Å²) in [4.78, 5) is 23.0. The highest BCUT2D eigenvalue weighted by atomic mass is 16.5. The summed E-state index contributed by atoms with van der Waals surface area (Å²) in [6.45, 7) is -0.148. The van der Waals surface area contributed by atoms with Crippen LogP contribution in [0.15, 0.2) is 48.5 Å². The Hall–Kier alpha value is -2.62. The number of ether oxygens (including phenoxy) is 2. The first kappa shape index (κ1) is 13.8. The fourth-order valence-electron chi connectivity index (χ4n) is 1.79. The van der Waals surface area contributed by atoms with E-state index in [9.17, 15) is 9.59 Å². The summed E-state index contributed by atoms with van der Waals surface area (Å²) >= 11 is 0. The van der Waals surface area contributed by atoms with E-state index in [1.54, 1.807) is 42.5 Å². The van der Waals surface area contributed by atoms with Gasteiger partial charge in [-0.1, -0.05) is 36.4 Å². The van der Waals surface area contributed by atoms with Gasteiger partial charge in [0.15, 0.2) is 30.2 Å². The van der Waals surface area contributed by atoms with Crippen LogP contribution < -0.4 is 9.47 Å². The number of aldehydes is 1. The van der Waals surface area contributed by atoms with Crippen LogP contribution in [-0.4, -0.2) is 25.8 Å². The molecule has 0 bridgehead atoms. The summed E-state index contributed by atoms with van der Waals surface area (Å²) in [5.41, 5.74) is 0.917. The zero-order valence-corrected chi connectivity index (χ0v) is 11.0. The Morgan fingerprint density at radius 2 is 1.85 bits per heavy atom. The monoisotopic (exact) mass is 270 g/mol. The smallest absolute Gasteiger partial charge is 0.200 e. The topological polar surface area (TPSA) is 52.6 Å². The highest BCUT2D eigenvalue weighted by Gasteiger charge is 2.13. The second kappa shape index (κ2) is 6.52. The number of carbonyl (C=O) groups excluding carboxylic acids is 2. The molecule has 0 N–H and O–H groups in total. The molecular weight excluding hydrogens is 256 g/mol. The number of rotatable bonds is 6. The minimum atomic E-state index is -0.159. The van der Waals surface area contributed by atoms with E-state index in [0.29, 0.717) is 23.2 Å². The number of hydrogen-bond donors (Lipinski definition) is 0. The van der Waals surface area contributed by atoms with Gasteiger partial charge in [-0.05, 0) is 12.1 Å². The van der Waals surface area contributed by atoms with Crippen LogP contribution in [0, 0.1) is 0 Å². The van der Waals surface area contributed by atoms with Crippen molar-refractivity contribution >= 4 is 12.1 Å². The summed E-state index contributed by atoms with van der Waals surface area (Å²) in [6, 6.07) is 13.8. The van der Waals surface area contributed by atoms with E-state index in [4.69, 9.17) is 9.47 Å². The van der Waals surface area contributed by atoms with Crippen molar-refractivity contribution in [1.29, 1.82) is 0 Å². The van der Waals surface area contributed by atoms with Crippen molar-refractivity contribution in [2.45, 2.75) is 0 Å². The lowest BCUT2D eigenvalue weighted by Gasteiger charge is -2.11. The van der Waals surface area contributed by atoms with Gasteiger partial charge in [0.2, 0.25) is 0 Å². The van der Waals surface area contributed by atoms with Gasteiger partial charge in [-0.25, -0.2) is 0 Å². The van der Waals surface area contributed by atoms with E-state index in [-0.39, 0.29) is 18.1 Å². The Labute approximate surface area is 116 Å². The van der Waals surface area contributed by atoms with Crippen molar-refractivity contribution < 1.29 is 19.1 Å². The molecule has 0 amide bonds. The number of methoxy groups -OCH3 is 1. The predicted molar refractivity (Wildman–Crippen MR) is 74.6 cm³/mol. The van der Waals surface area contributed by atoms with Crippen LogP contribution in [0.2, 0.25) is 0 Å². The molecule has 0 unspecified atom stereocenters. The number of carbonyl (C=O) groups is 2. The molecule has 102 valence electrons. The van der Waals surface area contributed by atoms with E-state index < -0.39 is 0 Å². The number of hydrogen-bond acceptors (Lipinski definition) is 4. The fraction of sp³-hybridized carbons (Fsp3) is 0.125. The number of para-hydroxylation sites is 1. The van der Waals surface area contributed by atoms with E-state index in [2.05, 4.69) is 0 Å². The molecule has 0 atom stereocenters. The molecule has 0 aliphatic carbocycles. The maximum atomic E-state index is 12.0. The van der Waals surface area contributed by atoms with E-state index >= 15 is 0 Å². The minimum absolute atomic E-state index is 0.148. The molecule has 0 heterocycles. The number of benzene rings is 2. The molecule has 2 rings (SSSR count). The van der Waals surface area contributed by atoms with Gasteiger partial charge >= 0.3 is 0 Å². The first-order chi connectivity index (χ1) is 9.76. The van der Waals surface area contributed by atoms with Gasteiger partial charge in [-0.2, -0.15) is 0 Å². The second-order valence-electron chi connectivity index (χ2n) is 4.07. The summed E-state index contributed by atoms with van der Waals surface area (Å²) in [6.07, 6.45) is 0.671. The normalized spacial score (nSPS) is 9.85. The average molecular weight is 270 g/mol. The van der Waals surface area contributed by atoms with Gasteiger partial charge in [-0.3, -0.25) is 9.59 Å². The molecule has 0 saturated heterocycles. The average Bonchev–Trinajstić information content (AvgIpc) is 2.52. The summed E-state index contributed by atoms with van der Waals surface area (Å²) in [7, 11) is 1.48. The molecule has 4 heteroatoms.